The summed E-state index contributed by atoms with van der Waals surface area (Å²) >= 11 is 0. The lowest BCUT2D eigenvalue weighted by Gasteiger charge is -2.32. The van der Waals surface area contributed by atoms with E-state index in [1.54, 1.807) is 0 Å². The maximum atomic E-state index is 2.57. The van der Waals surface area contributed by atoms with E-state index >= 15 is 0 Å². The molecule has 90 heavy (non-hydrogen) atoms. The maximum Gasteiger partial charge on any atom is 0.180 e. The third-order valence-electron chi connectivity index (χ3n) is 19.5. The van der Waals surface area contributed by atoms with Gasteiger partial charge in [0.1, 0.15) is 0 Å². The van der Waals surface area contributed by atoms with Crippen LogP contribution in [0, 0.1) is 0 Å². The lowest BCUT2D eigenvalue weighted by molar-refractivity contribution is 1.18. The van der Waals surface area contributed by atoms with Gasteiger partial charge in [-0.05, 0) is 190 Å². The van der Waals surface area contributed by atoms with Crippen molar-refractivity contribution in [3.63, 3.8) is 0 Å². The molecule has 0 saturated carbocycles. The first-order valence-corrected chi connectivity index (χ1v) is 33.3. The van der Waals surface area contributed by atoms with Gasteiger partial charge in [-0.1, -0.05) is 297 Å². The SMILES string of the molecule is c1ccc(-c2ccc(-c3ccc4c(c3)[Si](c3ccccc3)(c3ccccc3)c3cc(-n5c6ccc(-c7ccc(-c8cc9ccccc9c9ccccc89)cc7)cc6c6cc(-c7ccc(-c8cc9ccccc9c9ccccc89)cc7)ccc65)ccc3-4)cc2)cc1. The van der Waals surface area contributed by atoms with E-state index in [2.05, 4.69) is 350 Å². The Morgan fingerprint density at radius 3 is 1.00 bits per heavy atom. The van der Waals surface area contributed by atoms with Gasteiger partial charge in [0.2, 0.25) is 0 Å². The molecule has 2 heterocycles. The highest BCUT2D eigenvalue weighted by molar-refractivity contribution is 7.22. The van der Waals surface area contributed by atoms with E-state index in [4.69, 9.17) is 0 Å². The first-order valence-electron chi connectivity index (χ1n) is 31.3. The van der Waals surface area contributed by atoms with Gasteiger partial charge in [-0.15, -0.1) is 0 Å². The Bertz CT molecular complexity index is 5410. The average Bonchev–Trinajstić information content (AvgIpc) is 1.53. The second-order valence-corrected chi connectivity index (χ2v) is 28.0. The van der Waals surface area contributed by atoms with E-state index in [1.807, 2.05) is 0 Å². The van der Waals surface area contributed by atoms with Crippen molar-refractivity contribution < 1.29 is 0 Å². The van der Waals surface area contributed by atoms with Crippen LogP contribution in [0.2, 0.25) is 0 Å². The Hall–Kier alpha value is -11.4. The van der Waals surface area contributed by atoms with Crippen LogP contribution in [0.4, 0.5) is 0 Å². The molecule has 0 amide bonds. The molecule has 0 unspecified atom stereocenters. The molecule has 0 fully saturated rings. The quantitative estimate of drug-likeness (QED) is 0.100. The summed E-state index contributed by atoms with van der Waals surface area (Å²) in [6.45, 7) is 0. The molecule has 1 aliphatic rings. The number of benzene rings is 16. The zero-order valence-electron chi connectivity index (χ0n) is 49.4. The molecule has 0 aliphatic carbocycles. The summed E-state index contributed by atoms with van der Waals surface area (Å²) in [6.07, 6.45) is 0. The summed E-state index contributed by atoms with van der Waals surface area (Å²) in [5.74, 6) is 0. The highest BCUT2D eigenvalue weighted by Crippen LogP contribution is 2.42. The van der Waals surface area contributed by atoms with Crippen LogP contribution in [-0.2, 0) is 0 Å². The largest absolute Gasteiger partial charge is 0.309 e. The van der Waals surface area contributed by atoms with Gasteiger partial charge in [0.05, 0.1) is 11.0 Å². The van der Waals surface area contributed by atoms with Crippen molar-refractivity contribution in [3.05, 3.63) is 346 Å². The van der Waals surface area contributed by atoms with Gasteiger partial charge < -0.3 is 4.57 Å². The second kappa shape index (κ2) is 20.9. The molecular weight excluding hydrogens is 1100 g/mol. The summed E-state index contributed by atoms with van der Waals surface area (Å²) in [4.78, 5) is 0. The molecule has 1 aliphatic heterocycles. The van der Waals surface area contributed by atoms with Gasteiger partial charge in [-0.3, -0.25) is 0 Å². The van der Waals surface area contributed by atoms with E-state index in [0.29, 0.717) is 0 Å². The Morgan fingerprint density at radius 2 is 0.522 bits per heavy atom. The zero-order chi connectivity index (χ0) is 59.3. The number of rotatable bonds is 9. The van der Waals surface area contributed by atoms with E-state index in [1.165, 1.54) is 164 Å². The summed E-state index contributed by atoms with van der Waals surface area (Å²) in [6, 6.07) is 130. The van der Waals surface area contributed by atoms with Gasteiger partial charge in [-0.2, -0.15) is 0 Å². The van der Waals surface area contributed by atoms with Gasteiger partial charge in [0.25, 0.3) is 0 Å². The number of aromatic nitrogens is 1. The van der Waals surface area contributed by atoms with Gasteiger partial charge in [0.15, 0.2) is 8.07 Å². The summed E-state index contributed by atoms with van der Waals surface area (Å²) in [5, 5.41) is 18.2. The van der Waals surface area contributed by atoms with Crippen LogP contribution in [0.25, 0.3) is 148 Å². The molecule has 418 valence electrons. The minimum Gasteiger partial charge on any atom is -0.309 e. The lowest BCUT2D eigenvalue weighted by atomic mass is 9.92. The van der Waals surface area contributed by atoms with Crippen LogP contribution < -0.4 is 20.7 Å². The third kappa shape index (κ3) is 8.23. The first kappa shape index (κ1) is 51.8. The van der Waals surface area contributed by atoms with Crippen molar-refractivity contribution in [2.24, 2.45) is 0 Å². The fraction of sp³-hybridized carbons (Fsp3) is 0. The Kier molecular flexibility index (Phi) is 12.0. The molecule has 17 aromatic rings. The Morgan fingerprint density at radius 1 is 0.189 bits per heavy atom. The van der Waals surface area contributed by atoms with Gasteiger partial charge in [0, 0.05) is 16.5 Å². The zero-order valence-corrected chi connectivity index (χ0v) is 50.4. The number of fused-ring (bicyclic) bond motifs is 12. The summed E-state index contributed by atoms with van der Waals surface area (Å²) in [7, 11) is -2.97. The smallest absolute Gasteiger partial charge is 0.180 e. The Labute approximate surface area is 524 Å². The molecule has 0 N–H and O–H groups in total. The van der Waals surface area contributed by atoms with Crippen molar-refractivity contribution in [1.29, 1.82) is 0 Å². The number of hydrogen-bond donors (Lipinski definition) is 0. The highest BCUT2D eigenvalue weighted by atomic mass is 28.3. The van der Waals surface area contributed by atoms with Gasteiger partial charge in [-0.25, -0.2) is 0 Å². The molecule has 0 spiro atoms. The van der Waals surface area contributed by atoms with E-state index in [9.17, 15) is 0 Å². The molecule has 1 nitrogen and oxygen atoms in total. The van der Waals surface area contributed by atoms with Crippen molar-refractivity contribution >= 4 is 93.7 Å². The molecule has 2 heteroatoms. The Balaban J connectivity index is 0.803. The molecular formula is C88H57NSi. The first-order chi connectivity index (χ1) is 44.6. The minimum atomic E-state index is -2.97. The minimum absolute atomic E-state index is 1.15. The monoisotopic (exact) mass is 1160 g/mol. The fourth-order valence-electron chi connectivity index (χ4n) is 15.2. The highest BCUT2D eigenvalue weighted by Gasteiger charge is 2.49. The van der Waals surface area contributed by atoms with E-state index in [-0.39, 0.29) is 0 Å². The molecule has 16 aromatic carbocycles. The number of hydrogen-bond acceptors (Lipinski definition) is 0. The molecule has 0 bridgehead atoms. The summed E-state index contributed by atoms with van der Waals surface area (Å²) < 4.78 is 2.54. The second-order valence-electron chi connectivity index (χ2n) is 24.3. The topological polar surface area (TPSA) is 4.93 Å². The van der Waals surface area contributed by atoms with Crippen molar-refractivity contribution in [1.82, 2.24) is 4.57 Å². The summed E-state index contributed by atoms with van der Waals surface area (Å²) in [5.41, 5.74) is 20.7. The molecule has 18 rings (SSSR count). The molecule has 0 atom stereocenters. The van der Waals surface area contributed by atoms with Crippen molar-refractivity contribution in [3.8, 4) is 83.6 Å². The van der Waals surface area contributed by atoms with Crippen LogP contribution >= 0.6 is 0 Å². The maximum absolute atomic E-state index is 2.97. The fourth-order valence-corrected chi connectivity index (χ4v) is 20.4. The third-order valence-corrected chi connectivity index (χ3v) is 24.3. The van der Waals surface area contributed by atoms with Crippen LogP contribution in [0.5, 0.6) is 0 Å². The molecule has 0 radical (unpaired) electrons. The van der Waals surface area contributed by atoms with Crippen LogP contribution in [-0.4, -0.2) is 12.6 Å². The normalized spacial score (nSPS) is 12.5. The molecule has 1 aromatic heterocycles. The van der Waals surface area contributed by atoms with Crippen molar-refractivity contribution in [2.45, 2.75) is 0 Å². The predicted molar refractivity (Wildman–Crippen MR) is 386 cm³/mol. The van der Waals surface area contributed by atoms with E-state index in [0.717, 1.165) is 5.69 Å². The van der Waals surface area contributed by atoms with Crippen LogP contribution in [0.3, 0.4) is 0 Å². The van der Waals surface area contributed by atoms with Gasteiger partial charge >= 0.3 is 0 Å². The lowest BCUT2D eigenvalue weighted by Crippen LogP contribution is -2.72. The van der Waals surface area contributed by atoms with Crippen LogP contribution in [0.1, 0.15) is 0 Å². The van der Waals surface area contributed by atoms with Crippen LogP contribution in [0.15, 0.2) is 346 Å². The predicted octanol–water partition coefficient (Wildman–Crippen LogP) is 20.8. The average molecular weight is 1160 g/mol. The van der Waals surface area contributed by atoms with E-state index < -0.39 is 8.07 Å². The number of nitrogens with zero attached hydrogens (tertiary/aromatic N) is 1. The van der Waals surface area contributed by atoms with Crippen molar-refractivity contribution in [2.75, 3.05) is 0 Å². The molecule has 0 saturated heterocycles. The standard InChI is InChI=1S/C88H57NSi/c1-4-18-58(19-5-1)59-32-34-62(35-33-59)67-44-48-79-80-49-47-70(57-88(80)90(87(79)56-67,71-22-6-2-7-23-71)72-24-8-3-9-25-72)89-85-50-45-65(60-36-40-63(41-37-60)81-54-68-20-10-12-26-73(68)75-28-14-16-30-77(75)81)52-83(85)84-53-66(46-51-86(84)89)61-38-42-64(43-39-61)82-55-69-21-11-13-27-74(69)76-29-15-17-31-78(76)82/h1-57H.